The van der Waals surface area contributed by atoms with Crippen LogP contribution < -0.4 is 5.32 Å². The summed E-state index contributed by atoms with van der Waals surface area (Å²) in [6, 6.07) is 6.13. The van der Waals surface area contributed by atoms with Crippen molar-refractivity contribution in [2.45, 2.75) is 19.0 Å². The van der Waals surface area contributed by atoms with Crippen LogP contribution >= 0.6 is 0 Å². The number of pyridine rings is 1. The van der Waals surface area contributed by atoms with E-state index in [2.05, 4.69) is 39.4 Å². The van der Waals surface area contributed by atoms with Crippen LogP contribution in [0.15, 0.2) is 35.1 Å². The maximum Gasteiger partial charge on any atom is 0.234 e. The number of amides is 1. The Balaban J connectivity index is 1.46. The summed E-state index contributed by atoms with van der Waals surface area (Å²) in [7, 11) is 4.16. The topological polar surface area (TPSA) is 74.5 Å². The third kappa shape index (κ3) is 4.18. The zero-order chi connectivity index (χ0) is 16.9. The van der Waals surface area contributed by atoms with Crippen LogP contribution in [0.1, 0.15) is 12.2 Å². The van der Waals surface area contributed by atoms with Gasteiger partial charge >= 0.3 is 0 Å². The average molecular weight is 329 g/mol. The number of rotatable bonds is 6. The van der Waals surface area contributed by atoms with E-state index in [1.807, 2.05) is 18.2 Å². The van der Waals surface area contributed by atoms with E-state index in [1.54, 1.807) is 12.4 Å². The molecule has 1 fully saturated rings. The lowest BCUT2D eigenvalue weighted by molar-refractivity contribution is -0.122. The highest BCUT2D eigenvalue weighted by atomic mass is 16.5. The van der Waals surface area contributed by atoms with Gasteiger partial charge in [-0.25, -0.2) is 0 Å². The van der Waals surface area contributed by atoms with E-state index in [0.29, 0.717) is 24.9 Å². The van der Waals surface area contributed by atoms with Crippen molar-refractivity contribution in [3.63, 3.8) is 0 Å². The molecule has 0 spiro atoms. The van der Waals surface area contributed by atoms with Gasteiger partial charge in [-0.2, -0.15) is 0 Å². The fourth-order valence-corrected chi connectivity index (χ4v) is 2.87. The van der Waals surface area contributed by atoms with E-state index in [4.69, 9.17) is 4.52 Å². The number of hydrogen-bond donors (Lipinski definition) is 1. The van der Waals surface area contributed by atoms with E-state index < -0.39 is 0 Å². The quantitative estimate of drug-likeness (QED) is 0.852. The Morgan fingerprint density at radius 1 is 1.50 bits per heavy atom. The number of nitrogens with one attached hydrogen (secondary N) is 1. The average Bonchev–Trinajstić information content (AvgIpc) is 3.23. The Hall–Kier alpha value is -2.25. The molecule has 0 bridgehead atoms. The summed E-state index contributed by atoms with van der Waals surface area (Å²) in [4.78, 5) is 20.5. The Morgan fingerprint density at radius 2 is 2.38 bits per heavy atom. The van der Waals surface area contributed by atoms with Gasteiger partial charge in [-0.05, 0) is 32.6 Å². The van der Waals surface area contributed by atoms with Crippen LogP contribution in [0.25, 0.3) is 11.3 Å². The molecule has 1 atom stereocenters. The number of nitrogens with zero attached hydrogens (tertiary/aromatic N) is 4. The van der Waals surface area contributed by atoms with Crippen molar-refractivity contribution in [1.29, 1.82) is 0 Å². The largest absolute Gasteiger partial charge is 0.359 e. The van der Waals surface area contributed by atoms with Crippen molar-refractivity contribution < 1.29 is 9.32 Å². The highest BCUT2D eigenvalue weighted by Gasteiger charge is 2.25. The van der Waals surface area contributed by atoms with E-state index in [9.17, 15) is 4.79 Å². The molecule has 7 heteroatoms. The maximum atomic E-state index is 12.1. The first-order valence-electron chi connectivity index (χ1n) is 8.13. The highest BCUT2D eigenvalue weighted by molar-refractivity contribution is 5.78. The van der Waals surface area contributed by atoms with Crippen LogP contribution in [0.5, 0.6) is 0 Å². The van der Waals surface area contributed by atoms with Gasteiger partial charge in [-0.3, -0.25) is 14.7 Å². The van der Waals surface area contributed by atoms with Gasteiger partial charge in [-0.1, -0.05) is 5.16 Å². The molecule has 7 nitrogen and oxygen atoms in total. The molecule has 0 aliphatic carbocycles. The molecule has 3 heterocycles. The van der Waals surface area contributed by atoms with Gasteiger partial charge in [0.05, 0.1) is 13.1 Å². The molecule has 1 aliphatic rings. The van der Waals surface area contributed by atoms with E-state index in [1.165, 1.54) is 0 Å². The molecule has 2 aromatic rings. The highest BCUT2D eigenvalue weighted by Crippen LogP contribution is 2.17. The molecule has 0 saturated carbocycles. The Bertz CT molecular complexity index is 671. The Morgan fingerprint density at radius 3 is 3.08 bits per heavy atom. The summed E-state index contributed by atoms with van der Waals surface area (Å²) < 4.78 is 5.28. The molecule has 3 rings (SSSR count). The van der Waals surface area contributed by atoms with Crippen LogP contribution in [0.4, 0.5) is 0 Å². The molecule has 1 aliphatic heterocycles. The van der Waals surface area contributed by atoms with Crippen molar-refractivity contribution in [1.82, 2.24) is 25.3 Å². The summed E-state index contributed by atoms with van der Waals surface area (Å²) in [6.45, 7) is 2.67. The van der Waals surface area contributed by atoms with Gasteiger partial charge in [0.25, 0.3) is 0 Å². The SMILES string of the molecule is CN(C)[C@H]1CCN(CC(=O)NCc2cc(-c3cccnc3)no2)C1. The first kappa shape index (κ1) is 16.6. The number of carbonyl (C=O) groups is 1. The summed E-state index contributed by atoms with van der Waals surface area (Å²) in [6.07, 6.45) is 4.55. The smallest absolute Gasteiger partial charge is 0.234 e. The monoisotopic (exact) mass is 329 g/mol. The van der Waals surface area contributed by atoms with Crippen LogP contribution in [0.2, 0.25) is 0 Å². The van der Waals surface area contributed by atoms with Gasteiger partial charge < -0.3 is 14.7 Å². The Labute approximate surface area is 141 Å². The van der Waals surface area contributed by atoms with Gasteiger partial charge in [0.15, 0.2) is 5.76 Å². The van der Waals surface area contributed by atoms with Crippen molar-refractivity contribution in [2.24, 2.45) is 0 Å². The minimum atomic E-state index is 0.00809. The lowest BCUT2D eigenvalue weighted by Gasteiger charge is -2.19. The third-order valence-electron chi connectivity index (χ3n) is 4.32. The Kier molecular flexibility index (Phi) is 5.22. The van der Waals surface area contributed by atoms with Gasteiger partial charge in [-0.15, -0.1) is 0 Å². The third-order valence-corrected chi connectivity index (χ3v) is 4.32. The zero-order valence-electron chi connectivity index (χ0n) is 14.1. The number of carbonyl (C=O) groups excluding carboxylic acids is 1. The minimum absolute atomic E-state index is 0.00809. The first-order valence-corrected chi connectivity index (χ1v) is 8.13. The molecule has 1 saturated heterocycles. The second kappa shape index (κ2) is 7.55. The van der Waals surface area contributed by atoms with Crippen LogP contribution in [-0.2, 0) is 11.3 Å². The molecule has 1 N–H and O–H groups in total. The minimum Gasteiger partial charge on any atom is -0.359 e. The molecule has 0 unspecified atom stereocenters. The predicted octanol–water partition coefficient (Wildman–Crippen LogP) is 0.989. The number of aromatic nitrogens is 2. The van der Waals surface area contributed by atoms with E-state index >= 15 is 0 Å². The fraction of sp³-hybridized carbons (Fsp3) is 0.471. The molecule has 1 amide bonds. The van der Waals surface area contributed by atoms with Crippen LogP contribution in [-0.4, -0.2) is 65.6 Å². The first-order chi connectivity index (χ1) is 11.6. The van der Waals surface area contributed by atoms with E-state index in [0.717, 1.165) is 30.8 Å². The predicted molar refractivity (Wildman–Crippen MR) is 90.1 cm³/mol. The summed E-state index contributed by atoms with van der Waals surface area (Å²) in [5, 5.41) is 6.91. The second-order valence-electron chi connectivity index (χ2n) is 6.34. The van der Waals surface area contributed by atoms with Crippen molar-refractivity contribution in [3.05, 3.63) is 36.4 Å². The second-order valence-corrected chi connectivity index (χ2v) is 6.34. The van der Waals surface area contributed by atoms with Gasteiger partial charge in [0, 0.05) is 43.2 Å². The number of likely N-dealkylation sites (N-methyl/N-ethyl adjacent to an activating group) is 1. The number of hydrogen-bond acceptors (Lipinski definition) is 6. The van der Waals surface area contributed by atoms with Crippen molar-refractivity contribution >= 4 is 5.91 Å². The maximum absolute atomic E-state index is 12.1. The number of likely N-dealkylation sites (tertiary alicyclic amines) is 1. The molecule has 128 valence electrons. The van der Waals surface area contributed by atoms with Crippen molar-refractivity contribution in [3.8, 4) is 11.3 Å². The lowest BCUT2D eigenvalue weighted by Crippen LogP contribution is -2.38. The molecular weight excluding hydrogens is 306 g/mol. The summed E-state index contributed by atoms with van der Waals surface area (Å²) in [5.74, 6) is 0.642. The van der Waals surface area contributed by atoms with E-state index in [-0.39, 0.29) is 5.91 Å². The molecule has 24 heavy (non-hydrogen) atoms. The standard InChI is InChI=1S/C17H23N5O2/c1-21(2)14-5-7-22(11-14)12-17(23)19-10-15-8-16(20-24-15)13-4-3-6-18-9-13/h3-4,6,8-9,14H,5,7,10-12H2,1-2H3,(H,19,23)/t14-/m0/s1. The molecule has 2 aromatic heterocycles. The normalized spacial score (nSPS) is 18.2. The summed E-state index contributed by atoms with van der Waals surface area (Å²) >= 11 is 0. The molecule has 0 aromatic carbocycles. The van der Waals surface area contributed by atoms with Crippen molar-refractivity contribution in [2.75, 3.05) is 33.7 Å². The molecular formula is C17H23N5O2. The van der Waals surface area contributed by atoms with Gasteiger partial charge in [0.1, 0.15) is 5.69 Å². The van der Waals surface area contributed by atoms with Crippen LogP contribution in [0.3, 0.4) is 0 Å². The zero-order valence-corrected chi connectivity index (χ0v) is 14.1. The van der Waals surface area contributed by atoms with Gasteiger partial charge in [0.2, 0.25) is 5.91 Å². The van der Waals surface area contributed by atoms with Crippen LogP contribution in [0, 0.1) is 0 Å². The fourth-order valence-electron chi connectivity index (χ4n) is 2.87. The summed E-state index contributed by atoms with van der Waals surface area (Å²) in [5.41, 5.74) is 1.62. The molecule has 0 radical (unpaired) electrons. The lowest BCUT2D eigenvalue weighted by atomic mass is 10.2.